The van der Waals surface area contributed by atoms with E-state index >= 15 is 0 Å². The number of alkyl halides is 1. The van der Waals surface area contributed by atoms with Crippen molar-refractivity contribution in [2.45, 2.75) is 44.5 Å². The first-order valence-electron chi connectivity index (χ1n) is 4.83. The number of hydrogen-bond donors (Lipinski definition) is 0. The molecular weight excluding hydrogens is 191 g/mol. The van der Waals surface area contributed by atoms with Crippen molar-refractivity contribution >= 4 is 9.84 Å². The third kappa shape index (κ3) is 1.87. The Morgan fingerprint density at radius 3 is 2.23 bits per heavy atom. The molecule has 0 amide bonds. The highest BCUT2D eigenvalue weighted by Gasteiger charge is 2.46. The van der Waals surface area contributed by atoms with E-state index in [2.05, 4.69) is 0 Å². The molecule has 0 spiro atoms. The molecule has 0 radical (unpaired) electrons. The smallest absolute Gasteiger partial charge is 0.210 e. The maximum Gasteiger partial charge on any atom is 0.210 e. The largest absolute Gasteiger partial charge is 0.226 e. The summed E-state index contributed by atoms with van der Waals surface area (Å²) in [7, 11) is -3.55. The molecule has 1 saturated carbocycles. The first kappa shape index (κ1) is 11.0. The molecule has 1 aliphatic carbocycles. The molecule has 1 fully saturated rings. The van der Waals surface area contributed by atoms with Crippen LogP contribution in [0.4, 0.5) is 4.39 Å². The van der Waals surface area contributed by atoms with Gasteiger partial charge in [0.15, 0.2) is 9.84 Å². The van der Waals surface area contributed by atoms with Crippen molar-refractivity contribution in [2.24, 2.45) is 5.92 Å². The number of hydrogen-bond acceptors (Lipinski definition) is 2. The molecule has 13 heavy (non-hydrogen) atoms. The average molecular weight is 208 g/mol. The minimum atomic E-state index is -3.55. The molecule has 78 valence electrons. The van der Waals surface area contributed by atoms with E-state index in [1.165, 1.54) is 13.8 Å². The van der Waals surface area contributed by atoms with Crippen LogP contribution in [-0.4, -0.2) is 19.2 Å². The van der Waals surface area contributed by atoms with E-state index in [1.807, 2.05) is 0 Å². The zero-order chi connectivity index (χ0) is 10.1. The molecule has 0 heterocycles. The maximum absolute atomic E-state index is 14.0. The van der Waals surface area contributed by atoms with Gasteiger partial charge in [-0.25, -0.2) is 12.8 Å². The molecule has 1 rings (SSSR count). The Kier molecular flexibility index (Phi) is 3.00. The SMILES string of the molecule is CCS(=O)(=O)C(C)(F)C1CCCC1. The van der Waals surface area contributed by atoms with Crippen LogP contribution in [0.25, 0.3) is 0 Å². The van der Waals surface area contributed by atoms with Crippen molar-refractivity contribution in [3.05, 3.63) is 0 Å². The Labute approximate surface area is 79.4 Å². The van der Waals surface area contributed by atoms with Crippen LogP contribution in [0.1, 0.15) is 39.5 Å². The highest BCUT2D eigenvalue weighted by atomic mass is 32.2. The normalized spacial score (nSPS) is 24.5. The van der Waals surface area contributed by atoms with E-state index in [-0.39, 0.29) is 11.7 Å². The highest BCUT2D eigenvalue weighted by molar-refractivity contribution is 7.92. The lowest BCUT2D eigenvalue weighted by atomic mass is 10.0. The Hall–Kier alpha value is -0.120. The minimum absolute atomic E-state index is 0.101. The second-order valence-corrected chi connectivity index (χ2v) is 6.48. The van der Waals surface area contributed by atoms with Crippen LogP contribution in [0.15, 0.2) is 0 Å². The van der Waals surface area contributed by atoms with Crippen molar-refractivity contribution in [3.63, 3.8) is 0 Å². The van der Waals surface area contributed by atoms with Crippen molar-refractivity contribution in [1.82, 2.24) is 0 Å². The molecule has 0 aromatic carbocycles. The third-order valence-corrected chi connectivity index (χ3v) is 5.38. The van der Waals surface area contributed by atoms with Gasteiger partial charge in [-0.15, -0.1) is 0 Å². The van der Waals surface area contributed by atoms with Gasteiger partial charge in [0.25, 0.3) is 0 Å². The van der Waals surface area contributed by atoms with E-state index in [4.69, 9.17) is 0 Å². The summed E-state index contributed by atoms with van der Waals surface area (Å²) >= 11 is 0. The molecule has 1 aliphatic rings. The molecule has 0 aromatic heterocycles. The monoisotopic (exact) mass is 208 g/mol. The van der Waals surface area contributed by atoms with Crippen LogP contribution < -0.4 is 0 Å². The van der Waals surface area contributed by atoms with Gasteiger partial charge in [0.1, 0.15) is 0 Å². The topological polar surface area (TPSA) is 34.1 Å². The Bertz CT molecular complexity index is 263. The van der Waals surface area contributed by atoms with Gasteiger partial charge in [0, 0.05) is 5.92 Å². The fourth-order valence-electron chi connectivity index (χ4n) is 1.98. The summed E-state index contributed by atoms with van der Waals surface area (Å²) in [6.45, 7) is 2.73. The second-order valence-electron chi connectivity index (χ2n) is 3.87. The van der Waals surface area contributed by atoms with Crippen LogP contribution in [0.3, 0.4) is 0 Å². The highest BCUT2D eigenvalue weighted by Crippen LogP contribution is 2.40. The number of rotatable bonds is 3. The van der Waals surface area contributed by atoms with Crippen LogP contribution >= 0.6 is 0 Å². The van der Waals surface area contributed by atoms with E-state index < -0.39 is 14.8 Å². The summed E-state index contributed by atoms with van der Waals surface area (Å²) in [5.41, 5.74) is 0. The maximum atomic E-state index is 14.0. The van der Waals surface area contributed by atoms with Gasteiger partial charge in [-0.1, -0.05) is 19.8 Å². The molecule has 1 unspecified atom stereocenters. The van der Waals surface area contributed by atoms with Gasteiger partial charge in [-0.05, 0) is 19.8 Å². The minimum Gasteiger partial charge on any atom is -0.226 e. The van der Waals surface area contributed by atoms with Gasteiger partial charge < -0.3 is 0 Å². The summed E-state index contributed by atoms with van der Waals surface area (Å²) in [6, 6.07) is 0. The lowest BCUT2D eigenvalue weighted by molar-refractivity contribution is 0.196. The predicted molar refractivity (Wildman–Crippen MR) is 50.9 cm³/mol. The number of halogens is 1. The molecule has 0 aromatic rings. The lowest BCUT2D eigenvalue weighted by Crippen LogP contribution is -2.38. The summed E-state index contributed by atoms with van der Waals surface area (Å²) in [5, 5.41) is -2.00. The van der Waals surface area contributed by atoms with E-state index in [1.54, 1.807) is 0 Å². The molecule has 0 aliphatic heterocycles. The van der Waals surface area contributed by atoms with Crippen LogP contribution in [0.2, 0.25) is 0 Å². The summed E-state index contributed by atoms with van der Waals surface area (Å²) in [5.74, 6) is -0.381. The second kappa shape index (κ2) is 3.56. The van der Waals surface area contributed by atoms with Gasteiger partial charge in [0.2, 0.25) is 5.00 Å². The fraction of sp³-hybridized carbons (Fsp3) is 1.00. The molecular formula is C9H17FO2S. The summed E-state index contributed by atoms with van der Waals surface area (Å²) in [6.07, 6.45) is 3.35. The third-order valence-electron chi connectivity index (χ3n) is 3.07. The standard InChI is InChI=1S/C9H17FO2S/c1-3-13(11,12)9(2,10)8-6-4-5-7-8/h8H,3-7H2,1-2H3. The molecule has 0 saturated heterocycles. The molecule has 2 nitrogen and oxygen atoms in total. The fourth-order valence-corrected chi connectivity index (χ4v) is 3.29. The van der Waals surface area contributed by atoms with Crippen molar-refractivity contribution < 1.29 is 12.8 Å². The van der Waals surface area contributed by atoms with Crippen LogP contribution in [-0.2, 0) is 9.84 Å². The van der Waals surface area contributed by atoms with Crippen molar-refractivity contribution in [2.75, 3.05) is 5.75 Å². The number of sulfone groups is 1. The zero-order valence-electron chi connectivity index (χ0n) is 8.22. The Morgan fingerprint density at radius 2 is 1.85 bits per heavy atom. The van der Waals surface area contributed by atoms with E-state index in [9.17, 15) is 12.8 Å². The molecule has 0 bridgehead atoms. The van der Waals surface area contributed by atoms with E-state index in [0.717, 1.165) is 12.8 Å². The lowest BCUT2D eigenvalue weighted by Gasteiger charge is -2.26. The first-order valence-corrected chi connectivity index (χ1v) is 6.48. The Morgan fingerprint density at radius 1 is 1.38 bits per heavy atom. The van der Waals surface area contributed by atoms with Crippen molar-refractivity contribution in [1.29, 1.82) is 0 Å². The Balaban J connectivity index is 2.86. The van der Waals surface area contributed by atoms with Crippen LogP contribution in [0, 0.1) is 5.92 Å². The summed E-state index contributed by atoms with van der Waals surface area (Å²) < 4.78 is 36.9. The van der Waals surface area contributed by atoms with Gasteiger partial charge >= 0.3 is 0 Å². The molecule has 1 atom stereocenters. The quantitative estimate of drug-likeness (QED) is 0.713. The van der Waals surface area contributed by atoms with Crippen molar-refractivity contribution in [3.8, 4) is 0 Å². The zero-order valence-corrected chi connectivity index (χ0v) is 9.03. The average Bonchev–Trinajstić information content (AvgIpc) is 2.56. The van der Waals surface area contributed by atoms with E-state index in [0.29, 0.717) is 12.8 Å². The van der Waals surface area contributed by atoms with Gasteiger partial charge in [0.05, 0.1) is 5.75 Å². The van der Waals surface area contributed by atoms with Gasteiger partial charge in [-0.3, -0.25) is 0 Å². The summed E-state index contributed by atoms with van der Waals surface area (Å²) in [4.78, 5) is 0. The first-order chi connectivity index (χ1) is 5.92. The predicted octanol–water partition coefficient (Wildman–Crippen LogP) is 2.30. The molecule has 4 heteroatoms. The van der Waals surface area contributed by atoms with Gasteiger partial charge in [-0.2, -0.15) is 0 Å². The van der Waals surface area contributed by atoms with Crippen LogP contribution in [0.5, 0.6) is 0 Å². The molecule has 0 N–H and O–H groups in total.